The number of aromatic nitrogens is 1. The fourth-order valence-corrected chi connectivity index (χ4v) is 4.87. The molecule has 0 unspecified atom stereocenters. The Labute approximate surface area is 219 Å². The van der Waals surface area contributed by atoms with Gasteiger partial charge in [-0.3, -0.25) is 4.90 Å². The van der Waals surface area contributed by atoms with Gasteiger partial charge in [-0.25, -0.2) is 14.6 Å². The summed E-state index contributed by atoms with van der Waals surface area (Å²) in [6.45, 7) is 8.47. The van der Waals surface area contributed by atoms with Gasteiger partial charge in [-0.2, -0.15) is 13.2 Å². The van der Waals surface area contributed by atoms with Gasteiger partial charge >= 0.3 is 18.2 Å². The van der Waals surface area contributed by atoms with Gasteiger partial charge in [0.15, 0.2) is 0 Å². The SMILES string of the molecule is C=CCOC(=O)N1[C@H](C(=O)O)[C@@H](C(C)(C)C)[C@H](OCc2cc(C(F)(F)F)cnc2OC)[C@@H]1c1ccccc1. The molecule has 3 rings (SSSR count). The quantitative estimate of drug-likeness (QED) is 0.446. The molecule has 8 nitrogen and oxygen atoms in total. The zero-order valence-corrected chi connectivity index (χ0v) is 21.6. The van der Waals surface area contributed by atoms with Crippen molar-refractivity contribution in [1.29, 1.82) is 0 Å². The van der Waals surface area contributed by atoms with Gasteiger partial charge in [-0.05, 0) is 17.0 Å². The van der Waals surface area contributed by atoms with E-state index in [1.165, 1.54) is 13.2 Å². The highest BCUT2D eigenvalue weighted by atomic mass is 19.4. The summed E-state index contributed by atoms with van der Waals surface area (Å²) in [5.74, 6) is -2.09. The van der Waals surface area contributed by atoms with Crippen LogP contribution in [0.1, 0.15) is 43.5 Å². The van der Waals surface area contributed by atoms with Crippen molar-refractivity contribution in [2.75, 3.05) is 13.7 Å². The molecule has 1 aliphatic rings. The van der Waals surface area contributed by atoms with Crippen molar-refractivity contribution in [1.82, 2.24) is 9.88 Å². The van der Waals surface area contributed by atoms with E-state index in [1.807, 2.05) is 20.8 Å². The molecule has 2 aromatic rings. The molecular formula is C27H31F3N2O6. The molecule has 11 heteroatoms. The summed E-state index contributed by atoms with van der Waals surface area (Å²) >= 11 is 0. The first-order chi connectivity index (χ1) is 17.8. The van der Waals surface area contributed by atoms with Crippen LogP contribution in [0.15, 0.2) is 55.3 Å². The van der Waals surface area contributed by atoms with E-state index in [4.69, 9.17) is 14.2 Å². The zero-order valence-electron chi connectivity index (χ0n) is 21.6. The van der Waals surface area contributed by atoms with Crippen LogP contribution < -0.4 is 4.74 Å². The summed E-state index contributed by atoms with van der Waals surface area (Å²) in [5.41, 5.74) is -1.07. The van der Waals surface area contributed by atoms with Crippen LogP contribution in [0.2, 0.25) is 0 Å². The summed E-state index contributed by atoms with van der Waals surface area (Å²) in [6.07, 6.45) is -4.41. The predicted octanol–water partition coefficient (Wildman–Crippen LogP) is 5.49. The number of alkyl halides is 3. The van der Waals surface area contributed by atoms with E-state index < -0.39 is 53.3 Å². The number of likely N-dealkylation sites (tertiary alicyclic amines) is 1. The predicted molar refractivity (Wildman–Crippen MR) is 131 cm³/mol. The maximum Gasteiger partial charge on any atom is 0.417 e. The fourth-order valence-electron chi connectivity index (χ4n) is 4.87. The third-order valence-corrected chi connectivity index (χ3v) is 6.41. The third-order valence-electron chi connectivity index (χ3n) is 6.41. The maximum absolute atomic E-state index is 13.4. The number of nitrogens with zero attached hydrogens (tertiary/aromatic N) is 2. The highest BCUT2D eigenvalue weighted by molar-refractivity contribution is 5.82. The lowest BCUT2D eigenvalue weighted by atomic mass is 9.73. The van der Waals surface area contributed by atoms with Gasteiger partial charge in [-0.15, -0.1) is 0 Å². The second kappa shape index (κ2) is 11.4. The van der Waals surface area contributed by atoms with Crippen molar-refractivity contribution < 1.29 is 42.1 Å². The Kier molecular flexibility index (Phi) is 8.71. The lowest BCUT2D eigenvalue weighted by molar-refractivity contribution is -0.145. The number of hydrogen-bond donors (Lipinski definition) is 1. The van der Waals surface area contributed by atoms with Crippen molar-refractivity contribution in [3.05, 3.63) is 71.9 Å². The topological polar surface area (TPSA) is 98.2 Å². The van der Waals surface area contributed by atoms with E-state index in [0.29, 0.717) is 11.8 Å². The molecule has 0 bridgehead atoms. The zero-order chi connectivity index (χ0) is 28.3. The molecule has 1 fully saturated rings. The molecular weight excluding hydrogens is 505 g/mol. The summed E-state index contributed by atoms with van der Waals surface area (Å²) in [6, 6.07) is 7.32. The van der Waals surface area contributed by atoms with Gasteiger partial charge in [-0.1, -0.05) is 63.8 Å². The van der Waals surface area contributed by atoms with Crippen molar-refractivity contribution in [2.24, 2.45) is 11.3 Å². The van der Waals surface area contributed by atoms with Gasteiger partial charge in [0.1, 0.15) is 12.6 Å². The molecule has 0 aliphatic carbocycles. The minimum absolute atomic E-state index is 0.0290. The van der Waals surface area contributed by atoms with Crippen LogP contribution >= 0.6 is 0 Å². The number of carboxylic acid groups (broad SMARTS) is 1. The number of pyridine rings is 1. The van der Waals surface area contributed by atoms with Crippen LogP contribution in [0.5, 0.6) is 5.88 Å². The molecule has 38 heavy (non-hydrogen) atoms. The second-order valence-corrected chi connectivity index (χ2v) is 9.97. The number of benzene rings is 1. The molecule has 1 aliphatic heterocycles. The van der Waals surface area contributed by atoms with E-state index in [0.717, 1.165) is 11.0 Å². The summed E-state index contributed by atoms with van der Waals surface area (Å²) in [5, 5.41) is 10.3. The van der Waals surface area contributed by atoms with Crippen molar-refractivity contribution in [3.8, 4) is 5.88 Å². The molecule has 4 atom stereocenters. The smallest absolute Gasteiger partial charge is 0.417 e. The molecule has 1 saturated heterocycles. The molecule has 0 radical (unpaired) electrons. The minimum Gasteiger partial charge on any atom is -0.481 e. The number of carbonyl (C=O) groups is 2. The maximum atomic E-state index is 13.4. The average Bonchev–Trinajstić information content (AvgIpc) is 3.22. The van der Waals surface area contributed by atoms with Crippen molar-refractivity contribution >= 4 is 12.1 Å². The first kappa shape index (κ1) is 29.0. The Morgan fingerprint density at radius 3 is 2.37 bits per heavy atom. The summed E-state index contributed by atoms with van der Waals surface area (Å²) in [4.78, 5) is 30.8. The number of aliphatic carboxylic acids is 1. The van der Waals surface area contributed by atoms with Crippen LogP contribution in [0.4, 0.5) is 18.0 Å². The molecule has 0 spiro atoms. The number of carbonyl (C=O) groups excluding carboxylic acids is 1. The second-order valence-electron chi connectivity index (χ2n) is 9.97. The highest BCUT2D eigenvalue weighted by Crippen LogP contribution is 2.50. The van der Waals surface area contributed by atoms with E-state index in [1.54, 1.807) is 30.3 Å². The van der Waals surface area contributed by atoms with Crippen molar-refractivity contribution in [2.45, 2.75) is 51.7 Å². The minimum atomic E-state index is -4.64. The number of ether oxygens (including phenoxy) is 3. The molecule has 1 aromatic heterocycles. The van der Waals surface area contributed by atoms with Gasteiger partial charge in [0.25, 0.3) is 0 Å². The van der Waals surface area contributed by atoms with Crippen molar-refractivity contribution in [3.63, 3.8) is 0 Å². The Bertz CT molecular complexity index is 1150. The Hall–Kier alpha value is -3.60. The molecule has 206 valence electrons. The third kappa shape index (κ3) is 6.09. The number of amides is 1. The number of rotatable bonds is 8. The van der Waals surface area contributed by atoms with Crippen LogP contribution in [0.3, 0.4) is 0 Å². The molecule has 1 aromatic carbocycles. The van der Waals surface area contributed by atoms with Gasteiger partial charge in [0, 0.05) is 17.7 Å². The normalized spacial score (nSPS) is 21.7. The summed E-state index contributed by atoms with van der Waals surface area (Å²) < 4.78 is 56.8. The Morgan fingerprint density at radius 1 is 1.18 bits per heavy atom. The molecule has 0 saturated carbocycles. The number of hydrogen-bond acceptors (Lipinski definition) is 6. The van der Waals surface area contributed by atoms with Crippen LogP contribution in [-0.4, -0.2) is 52.9 Å². The molecule has 1 amide bonds. The Morgan fingerprint density at radius 2 is 1.84 bits per heavy atom. The highest BCUT2D eigenvalue weighted by Gasteiger charge is 2.59. The first-order valence-corrected chi connectivity index (χ1v) is 11.9. The van der Waals surface area contributed by atoms with Crippen LogP contribution in [0, 0.1) is 11.3 Å². The monoisotopic (exact) mass is 536 g/mol. The van der Waals surface area contributed by atoms with Gasteiger partial charge < -0.3 is 19.3 Å². The number of methoxy groups -OCH3 is 1. The first-order valence-electron chi connectivity index (χ1n) is 11.9. The molecule has 2 heterocycles. The summed E-state index contributed by atoms with van der Waals surface area (Å²) in [7, 11) is 1.28. The fraction of sp³-hybridized carbons (Fsp3) is 0.444. The van der Waals surface area contributed by atoms with Gasteiger partial charge in [0.2, 0.25) is 5.88 Å². The molecule has 1 N–H and O–H groups in total. The van der Waals surface area contributed by atoms with E-state index >= 15 is 0 Å². The van der Waals surface area contributed by atoms with E-state index in [-0.39, 0.29) is 24.7 Å². The lowest BCUT2D eigenvalue weighted by Crippen LogP contribution is -2.47. The Balaban J connectivity index is 2.13. The van der Waals surface area contributed by atoms with E-state index in [9.17, 15) is 27.9 Å². The largest absolute Gasteiger partial charge is 0.481 e. The average molecular weight is 537 g/mol. The van der Waals surface area contributed by atoms with Gasteiger partial charge in [0.05, 0.1) is 31.4 Å². The van der Waals surface area contributed by atoms with E-state index in [2.05, 4.69) is 11.6 Å². The van der Waals surface area contributed by atoms with Crippen LogP contribution in [-0.2, 0) is 27.1 Å². The number of carboxylic acids is 1. The van der Waals surface area contributed by atoms with Crippen LogP contribution in [0.25, 0.3) is 0 Å². The number of halogens is 3. The lowest BCUT2D eigenvalue weighted by Gasteiger charge is -2.34. The standard InChI is InChI=1S/C27H31F3N2O6/c1-6-12-37-25(35)32-20(16-10-8-7-9-11-16)22(19(26(2,3)4)21(32)24(33)34)38-15-17-13-18(27(28,29)30)14-31-23(17)36-5/h6-11,13-14,19-22H,1,12,15H2,2-5H3,(H,33,34)/t19-,20+,21+,22+/m1/s1.